The Hall–Kier alpha value is -3.68. The molecular formula is C25H26N6O2. The molecule has 2 amide bonds. The third kappa shape index (κ3) is 4.20. The predicted molar refractivity (Wildman–Crippen MR) is 122 cm³/mol. The van der Waals surface area contributed by atoms with Gasteiger partial charge in [-0.15, -0.1) is 0 Å². The van der Waals surface area contributed by atoms with Gasteiger partial charge in [-0.05, 0) is 56.9 Å². The van der Waals surface area contributed by atoms with Crippen LogP contribution in [0.3, 0.4) is 0 Å². The number of aryl methyl sites for hydroxylation is 1. The first-order valence-electron chi connectivity index (χ1n) is 11.4. The van der Waals surface area contributed by atoms with E-state index >= 15 is 0 Å². The van der Waals surface area contributed by atoms with E-state index in [1.165, 1.54) is 0 Å². The van der Waals surface area contributed by atoms with Crippen LogP contribution in [0.2, 0.25) is 0 Å². The van der Waals surface area contributed by atoms with Crippen molar-refractivity contribution in [2.24, 2.45) is 0 Å². The number of carbonyl (C=O) groups is 2. The molecule has 0 unspecified atom stereocenters. The Bertz CT molecular complexity index is 1170. The fraction of sp³-hybridized carbons (Fsp3) is 0.360. The maximum Gasteiger partial charge on any atom is 0.256 e. The van der Waals surface area contributed by atoms with Crippen molar-refractivity contribution in [1.82, 2.24) is 24.8 Å². The minimum absolute atomic E-state index is 0.0316. The molecule has 2 aliphatic rings. The molecule has 0 bridgehead atoms. The van der Waals surface area contributed by atoms with Gasteiger partial charge in [-0.25, -0.2) is 9.97 Å². The number of nitrogens with zero attached hydrogens (tertiary/aromatic N) is 6. The van der Waals surface area contributed by atoms with Gasteiger partial charge in [0.25, 0.3) is 5.91 Å². The van der Waals surface area contributed by atoms with Crippen molar-refractivity contribution in [2.45, 2.75) is 51.6 Å². The van der Waals surface area contributed by atoms with Crippen molar-refractivity contribution < 1.29 is 9.59 Å². The molecular weight excluding hydrogens is 416 g/mol. The number of rotatable bonds is 4. The first-order chi connectivity index (χ1) is 16.1. The summed E-state index contributed by atoms with van der Waals surface area (Å²) >= 11 is 0. The Morgan fingerprint density at radius 2 is 2.00 bits per heavy atom. The Balaban J connectivity index is 1.51. The Morgan fingerprint density at radius 3 is 2.79 bits per heavy atom. The number of hydrogen-bond acceptors (Lipinski definition) is 6. The monoisotopic (exact) mass is 442 g/mol. The third-order valence-corrected chi connectivity index (χ3v) is 6.37. The summed E-state index contributed by atoms with van der Waals surface area (Å²) in [5.74, 6) is 1.22. The van der Waals surface area contributed by atoms with Gasteiger partial charge in [-0.3, -0.25) is 24.5 Å². The van der Waals surface area contributed by atoms with E-state index in [1.807, 2.05) is 30.0 Å². The molecule has 5 rings (SSSR count). The van der Waals surface area contributed by atoms with Gasteiger partial charge in [-0.2, -0.15) is 0 Å². The van der Waals surface area contributed by atoms with Gasteiger partial charge >= 0.3 is 0 Å². The number of hydrogen-bond donors (Lipinski definition) is 0. The van der Waals surface area contributed by atoms with Crippen molar-refractivity contribution in [3.63, 3.8) is 0 Å². The fourth-order valence-corrected chi connectivity index (χ4v) is 4.67. The highest BCUT2D eigenvalue weighted by Crippen LogP contribution is 2.35. The SMILES string of the molecule is Cc1nc([C@H]2CCCCN2C(=O)c2cccnc2)nc2c1CCC(=O)N2Cc1ccccn1. The molecule has 168 valence electrons. The number of fused-ring (bicyclic) bond motifs is 1. The summed E-state index contributed by atoms with van der Waals surface area (Å²) < 4.78 is 0. The topological polar surface area (TPSA) is 92.2 Å². The molecule has 3 aromatic heterocycles. The lowest BCUT2D eigenvalue weighted by Crippen LogP contribution is -2.41. The Morgan fingerprint density at radius 1 is 1.09 bits per heavy atom. The van der Waals surface area contributed by atoms with Gasteiger partial charge in [0.05, 0.1) is 23.8 Å². The number of likely N-dealkylation sites (tertiary alicyclic amines) is 1. The number of aromatic nitrogens is 4. The van der Waals surface area contributed by atoms with Crippen molar-refractivity contribution in [3.05, 3.63) is 77.3 Å². The third-order valence-electron chi connectivity index (χ3n) is 6.37. The van der Waals surface area contributed by atoms with Crippen LogP contribution in [0.15, 0.2) is 48.9 Å². The molecule has 1 fully saturated rings. The molecule has 0 N–H and O–H groups in total. The van der Waals surface area contributed by atoms with Gasteiger partial charge in [0.15, 0.2) is 5.82 Å². The van der Waals surface area contributed by atoms with Crippen molar-refractivity contribution >= 4 is 17.6 Å². The molecule has 1 atom stereocenters. The van der Waals surface area contributed by atoms with E-state index in [4.69, 9.17) is 9.97 Å². The van der Waals surface area contributed by atoms with E-state index in [2.05, 4.69) is 9.97 Å². The Labute approximate surface area is 192 Å². The molecule has 3 aromatic rings. The minimum atomic E-state index is -0.232. The van der Waals surface area contributed by atoms with Crippen LogP contribution in [0.4, 0.5) is 5.82 Å². The highest BCUT2D eigenvalue weighted by Gasteiger charge is 2.34. The number of pyridine rings is 2. The Kier molecular flexibility index (Phi) is 5.81. The molecule has 1 saturated heterocycles. The zero-order chi connectivity index (χ0) is 22.8. The van der Waals surface area contributed by atoms with Crippen LogP contribution < -0.4 is 4.90 Å². The molecule has 0 aromatic carbocycles. The summed E-state index contributed by atoms with van der Waals surface area (Å²) in [5, 5.41) is 0. The first-order valence-corrected chi connectivity index (χ1v) is 11.4. The van der Waals surface area contributed by atoms with E-state index in [9.17, 15) is 9.59 Å². The quantitative estimate of drug-likeness (QED) is 0.615. The largest absolute Gasteiger partial charge is 0.328 e. The van der Waals surface area contributed by atoms with Crippen molar-refractivity contribution in [2.75, 3.05) is 11.4 Å². The smallest absolute Gasteiger partial charge is 0.256 e. The van der Waals surface area contributed by atoms with Crippen LogP contribution in [0.25, 0.3) is 0 Å². The van der Waals surface area contributed by atoms with E-state index in [-0.39, 0.29) is 17.9 Å². The van der Waals surface area contributed by atoms with Crippen LogP contribution in [-0.4, -0.2) is 43.2 Å². The minimum Gasteiger partial charge on any atom is -0.328 e. The molecule has 0 aliphatic carbocycles. The molecule has 8 heteroatoms. The lowest BCUT2D eigenvalue weighted by Gasteiger charge is -2.36. The van der Waals surface area contributed by atoms with E-state index in [1.54, 1.807) is 35.6 Å². The van der Waals surface area contributed by atoms with Crippen LogP contribution in [0.5, 0.6) is 0 Å². The molecule has 0 spiro atoms. The molecule has 33 heavy (non-hydrogen) atoms. The highest BCUT2D eigenvalue weighted by molar-refractivity contribution is 5.95. The summed E-state index contributed by atoms with van der Waals surface area (Å²) in [4.78, 5) is 48.0. The summed E-state index contributed by atoms with van der Waals surface area (Å²) in [7, 11) is 0. The normalized spacial score (nSPS) is 18.2. The maximum atomic E-state index is 13.3. The van der Waals surface area contributed by atoms with Gasteiger partial charge in [0.1, 0.15) is 5.82 Å². The zero-order valence-electron chi connectivity index (χ0n) is 18.6. The summed E-state index contributed by atoms with van der Waals surface area (Å²) in [6.07, 6.45) is 8.77. The van der Waals surface area contributed by atoms with Crippen LogP contribution in [0.1, 0.15) is 64.9 Å². The van der Waals surface area contributed by atoms with Gasteiger partial charge in [0.2, 0.25) is 5.91 Å². The second kappa shape index (κ2) is 9.05. The molecule has 8 nitrogen and oxygen atoms in total. The lowest BCUT2D eigenvalue weighted by molar-refractivity contribution is -0.119. The van der Waals surface area contributed by atoms with Crippen molar-refractivity contribution in [1.29, 1.82) is 0 Å². The summed E-state index contributed by atoms with van der Waals surface area (Å²) in [6.45, 7) is 2.98. The van der Waals surface area contributed by atoms with E-state index < -0.39 is 0 Å². The van der Waals surface area contributed by atoms with Crippen LogP contribution in [0, 0.1) is 6.92 Å². The number of anilines is 1. The number of piperidine rings is 1. The maximum absolute atomic E-state index is 13.3. The number of carbonyl (C=O) groups excluding carboxylic acids is 2. The molecule has 2 aliphatic heterocycles. The molecule has 0 saturated carbocycles. The lowest BCUT2D eigenvalue weighted by atomic mass is 9.98. The first kappa shape index (κ1) is 21.2. The van der Waals surface area contributed by atoms with Gasteiger partial charge in [-0.1, -0.05) is 6.07 Å². The fourth-order valence-electron chi connectivity index (χ4n) is 4.67. The van der Waals surface area contributed by atoms with Crippen molar-refractivity contribution in [3.8, 4) is 0 Å². The van der Waals surface area contributed by atoms with Gasteiger partial charge in [0, 0.05) is 42.8 Å². The standard InChI is InChI=1S/C25H26N6O2/c1-17-20-10-11-22(32)31(16-19-8-2-4-13-27-19)24(20)29-23(28-17)21-9-3-5-14-30(21)25(33)18-7-6-12-26-15-18/h2,4,6-8,12-13,15,21H,3,5,9-11,14,16H2,1H3/t21-/m1/s1. The van der Waals surface area contributed by atoms with E-state index in [0.717, 1.165) is 36.2 Å². The van der Waals surface area contributed by atoms with Crippen LogP contribution in [-0.2, 0) is 17.8 Å². The van der Waals surface area contributed by atoms with Crippen LogP contribution >= 0.6 is 0 Å². The second-order valence-corrected chi connectivity index (χ2v) is 8.52. The molecule has 0 radical (unpaired) electrons. The van der Waals surface area contributed by atoms with E-state index in [0.29, 0.717) is 43.1 Å². The zero-order valence-corrected chi connectivity index (χ0v) is 18.6. The number of amides is 2. The average molecular weight is 443 g/mol. The highest BCUT2D eigenvalue weighted by atomic mass is 16.2. The predicted octanol–water partition coefficient (Wildman–Crippen LogP) is 3.42. The molecule has 5 heterocycles. The van der Waals surface area contributed by atoms with Gasteiger partial charge < -0.3 is 4.90 Å². The average Bonchev–Trinajstić information content (AvgIpc) is 2.86. The summed E-state index contributed by atoms with van der Waals surface area (Å²) in [5.41, 5.74) is 3.23. The second-order valence-electron chi connectivity index (χ2n) is 8.52. The summed E-state index contributed by atoms with van der Waals surface area (Å²) in [6, 6.07) is 9.00.